The van der Waals surface area contributed by atoms with Gasteiger partial charge in [-0.3, -0.25) is 9.30 Å². The molecule has 0 radical (unpaired) electrons. The van der Waals surface area contributed by atoms with Gasteiger partial charge in [-0.05, 0) is 82.4 Å². The van der Waals surface area contributed by atoms with Gasteiger partial charge in [0.25, 0.3) is 0 Å². The van der Waals surface area contributed by atoms with Gasteiger partial charge in [0.05, 0.1) is 17.9 Å². The van der Waals surface area contributed by atoms with E-state index in [2.05, 4.69) is 20.9 Å². The molecule has 1 atom stereocenters. The summed E-state index contributed by atoms with van der Waals surface area (Å²) in [4.78, 5) is 33.5. The molecule has 0 aliphatic carbocycles. The van der Waals surface area contributed by atoms with Crippen LogP contribution in [0.25, 0.3) is 5.65 Å². The summed E-state index contributed by atoms with van der Waals surface area (Å²) in [6, 6.07) is 3.47. The van der Waals surface area contributed by atoms with Gasteiger partial charge in [0.15, 0.2) is 0 Å². The Bertz CT molecular complexity index is 961. The van der Waals surface area contributed by atoms with Gasteiger partial charge < -0.3 is 14.4 Å². The number of pyridine rings is 1. The average Bonchev–Trinajstić information content (AvgIpc) is 3.00. The topological polar surface area (TPSA) is 76.4 Å². The highest BCUT2D eigenvalue weighted by Gasteiger charge is 2.35. The van der Waals surface area contributed by atoms with E-state index in [9.17, 15) is 9.59 Å². The molecule has 2 aromatic heterocycles. The third kappa shape index (κ3) is 5.90. The number of likely N-dealkylation sites (tertiary alicyclic amines) is 1. The summed E-state index contributed by atoms with van der Waals surface area (Å²) in [6.45, 7) is 12.0. The molecular weight excluding hydrogens is 464 g/mol. The predicted octanol–water partition coefficient (Wildman–Crippen LogP) is 5.24. The van der Waals surface area contributed by atoms with Gasteiger partial charge in [-0.25, -0.2) is 14.6 Å². The van der Waals surface area contributed by atoms with Crippen molar-refractivity contribution in [1.82, 2.24) is 14.3 Å². The zero-order valence-electron chi connectivity index (χ0n) is 19.0. The molecule has 1 saturated heterocycles. The molecule has 2 aromatic rings. The Morgan fingerprint density at radius 2 is 1.81 bits per heavy atom. The molecule has 170 valence electrons. The standard InChI is InChI=1S/C22H31BrN4O4/c1-21(2,3)30-19(28)25-11-7-8-15(13-25)27(20(29)31-22(4,5)6)16-9-10-18-24-12-17(23)26(18)14-16/h9-10,12,14-15H,7-8,11,13H2,1-6H3/t15-/m1/s1. The number of rotatable bonds is 2. The van der Waals surface area contributed by atoms with Crippen molar-refractivity contribution in [2.75, 3.05) is 18.0 Å². The minimum absolute atomic E-state index is 0.240. The van der Waals surface area contributed by atoms with Crippen LogP contribution in [-0.4, -0.2) is 56.8 Å². The zero-order valence-corrected chi connectivity index (χ0v) is 20.6. The number of aromatic nitrogens is 2. The Morgan fingerprint density at radius 3 is 2.45 bits per heavy atom. The molecule has 0 unspecified atom stereocenters. The van der Waals surface area contributed by atoms with E-state index in [-0.39, 0.29) is 12.1 Å². The first-order chi connectivity index (χ1) is 14.3. The summed E-state index contributed by atoms with van der Waals surface area (Å²) in [7, 11) is 0. The molecule has 0 aromatic carbocycles. The molecule has 0 spiro atoms. The van der Waals surface area contributed by atoms with Crippen LogP contribution in [0.4, 0.5) is 15.3 Å². The number of hydrogen-bond acceptors (Lipinski definition) is 5. The van der Waals surface area contributed by atoms with Crippen LogP contribution < -0.4 is 4.90 Å². The number of hydrogen-bond donors (Lipinski definition) is 0. The van der Waals surface area contributed by atoms with E-state index in [4.69, 9.17) is 9.47 Å². The lowest BCUT2D eigenvalue weighted by atomic mass is 10.0. The van der Waals surface area contributed by atoms with E-state index in [0.717, 1.165) is 23.1 Å². The van der Waals surface area contributed by atoms with Crippen LogP contribution in [0.3, 0.4) is 0 Å². The van der Waals surface area contributed by atoms with Crippen LogP contribution in [0.1, 0.15) is 54.4 Å². The van der Waals surface area contributed by atoms with Crippen molar-refractivity contribution in [2.24, 2.45) is 0 Å². The summed E-state index contributed by atoms with van der Waals surface area (Å²) in [6.07, 6.45) is 4.26. The van der Waals surface area contributed by atoms with E-state index in [0.29, 0.717) is 18.8 Å². The van der Waals surface area contributed by atoms with Crippen LogP contribution in [0.15, 0.2) is 29.1 Å². The fraction of sp³-hybridized carbons (Fsp3) is 0.591. The summed E-state index contributed by atoms with van der Waals surface area (Å²) >= 11 is 3.48. The minimum Gasteiger partial charge on any atom is -0.444 e. The molecule has 1 aliphatic heterocycles. The highest BCUT2D eigenvalue weighted by atomic mass is 79.9. The first-order valence-electron chi connectivity index (χ1n) is 10.5. The Kier molecular flexibility index (Phi) is 6.55. The fourth-order valence-corrected chi connectivity index (χ4v) is 3.90. The lowest BCUT2D eigenvalue weighted by Crippen LogP contribution is -2.53. The number of carbonyl (C=O) groups excluding carboxylic acids is 2. The summed E-state index contributed by atoms with van der Waals surface area (Å²) in [5.41, 5.74) is 0.220. The van der Waals surface area contributed by atoms with Gasteiger partial charge >= 0.3 is 12.2 Å². The number of amides is 2. The van der Waals surface area contributed by atoms with Crippen molar-refractivity contribution in [3.05, 3.63) is 29.1 Å². The van der Waals surface area contributed by atoms with Crippen LogP contribution in [-0.2, 0) is 9.47 Å². The number of fused-ring (bicyclic) bond motifs is 1. The maximum absolute atomic E-state index is 13.3. The lowest BCUT2D eigenvalue weighted by Gasteiger charge is -2.40. The second-order valence-corrected chi connectivity index (χ2v) is 10.6. The molecule has 8 nitrogen and oxygen atoms in total. The van der Waals surface area contributed by atoms with E-state index in [1.807, 2.05) is 64.3 Å². The molecule has 0 N–H and O–H groups in total. The highest BCUT2D eigenvalue weighted by Crippen LogP contribution is 2.28. The second-order valence-electron chi connectivity index (χ2n) is 9.77. The van der Waals surface area contributed by atoms with Gasteiger partial charge in [-0.15, -0.1) is 0 Å². The lowest BCUT2D eigenvalue weighted by molar-refractivity contribution is 0.0182. The van der Waals surface area contributed by atoms with Gasteiger partial charge in [0.2, 0.25) is 0 Å². The molecular formula is C22H31BrN4O4. The SMILES string of the molecule is CC(C)(C)OC(=O)N1CCC[C@@H](N(C(=O)OC(C)(C)C)c2ccc3ncc(Br)n3c2)C1. The summed E-state index contributed by atoms with van der Waals surface area (Å²) in [5.74, 6) is 0. The number of anilines is 1. The molecule has 9 heteroatoms. The van der Waals surface area contributed by atoms with E-state index in [1.54, 1.807) is 16.0 Å². The van der Waals surface area contributed by atoms with Crippen molar-refractivity contribution in [3.63, 3.8) is 0 Å². The smallest absolute Gasteiger partial charge is 0.415 e. The predicted molar refractivity (Wildman–Crippen MR) is 122 cm³/mol. The van der Waals surface area contributed by atoms with Crippen LogP contribution in [0.5, 0.6) is 0 Å². The van der Waals surface area contributed by atoms with Crippen LogP contribution >= 0.6 is 15.9 Å². The summed E-state index contributed by atoms with van der Waals surface area (Å²) in [5, 5.41) is 0. The summed E-state index contributed by atoms with van der Waals surface area (Å²) < 4.78 is 13.9. The molecule has 1 fully saturated rings. The van der Waals surface area contributed by atoms with Crippen molar-refractivity contribution < 1.29 is 19.1 Å². The molecule has 0 bridgehead atoms. The second kappa shape index (κ2) is 8.68. The quantitative estimate of drug-likeness (QED) is 0.570. The van der Waals surface area contributed by atoms with E-state index >= 15 is 0 Å². The zero-order chi connectivity index (χ0) is 23.0. The molecule has 1 aliphatic rings. The van der Waals surface area contributed by atoms with Crippen molar-refractivity contribution in [1.29, 1.82) is 0 Å². The third-order valence-corrected chi connectivity index (χ3v) is 5.31. The first-order valence-corrected chi connectivity index (χ1v) is 11.3. The van der Waals surface area contributed by atoms with Gasteiger partial charge in [-0.1, -0.05) is 0 Å². The normalized spacial score (nSPS) is 17.5. The number of ether oxygens (including phenoxy) is 2. The van der Waals surface area contributed by atoms with Gasteiger partial charge in [0, 0.05) is 19.3 Å². The number of piperidine rings is 1. The maximum Gasteiger partial charge on any atom is 0.415 e. The average molecular weight is 495 g/mol. The first kappa shape index (κ1) is 23.4. The molecule has 2 amide bonds. The highest BCUT2D eigenvalue weighted by molar-refractivity contribution is 9.10. The number of halogens is 1. The third-order valence-electron chi connectivity index (χ3n) is 4.73. The van der Waals surface area contributed by atoms with Crippen molar-refractivity contribution >= 4 is 39.5 Å². The number of carbonyl (C=O) groups is 2. The van der Waals surface area contributed by atoms with Crippen LogP contribution in [0, 0.1) is 0 Å². The number of nitrogens with zero attached hydrogens (tertiary/aromatic N) is 4. The monoisotopic (exact) mass is 494 g/mol. The Morgan fingerprint density at radius 1 is 1.13 bits per heavy atom. The number of imidazole rings is 1. The Hall–Kier alpha value is -2.29. The largest absolute Gasteiger partial charge is 0.444 e. The van der Waals surface area contributed by atoms with Crippen LogP contribution in [0.2, 0.25) is 0 Å². The Labute approximate surface area is 191 Å². The molecule has 31 heavy (non-hydrogen) atoms. The fourth-order valence-electron chi connectivity index (χ4n) is 3.52. The van der Waals surface area contributed by atoms with Gasteiger partial charge in [-0.2, -0.15) is 0 Å². The van der Waals surface area contributed by atoms with E-state index < -0.39 is 17.3 Å². The van der Waals surface area contributed by atoms with Gasteiger partial charge in [0.1, 0.15) is 21.5 Å². The minimum atomic E-state index is -0.644. The molecule has 3 rings (SSSR count). The molecule has 0 saturated carbocycles. The van der Waals surface area contributed by atoms with Crippen molar-refractivity contribution in [2.45, 2.75) is 71.6 Å². The van der Waals surface area contributed by atoms with Crippen molar-refractivity contribution in [3.8, 4) is 0 Å². The maximum atomic E-state index is 13.3. The Balaban J connectivity index is 1.92. The van der Waals surface area contributed by atoms with E-state index in [1.165, 1.54) is 0 Å². The molecule has 3 heterocycles.